The highest BCUT2D eigenvalue weighted by Crippen LogP contribution is 2.30. The van der Waals surface area contributed by atoms with Gasteiger partial charge in [0.15, 0.2) is 11.5 Å². The zero-order chi connectivity index (χ0) is 14.3. The Morgan fingerprint density at radius 3 is 2.79 bits per heavy atom. The molecule has 0 spiro atoms. The number of rotatable bonds is 5. The van der Waals surface area contributed by atoms with E-state index in [9.17, 15) is 9.90 Å². The van der Waals surface area contributed by atoms with E-state index in [2.05, 4.69) is 0 Å². The fraction of sp³-hybridized carbons (Fsp3) is 0.267. The van der Waals surface area contributed by atoms with Crippen LogP contribution in [0.15, 0.2) is 35.9 Å². The number of allylic oxidation sites excluding steroid dienone is 2. The van der Waals surface area contributed by atoms with Crippen LogP contribution in [0, 0.1) is 0 Å². The monoisotopic (exact) mass is 262 g/mol. The SMILES string of the molecule is CCOC(=O)/C=C(C)/C=C/c1cccc(OC)c1O. The van der Waals surface area contributed by atoms with Crippen molar-refractivity contribution in [1.29, 1.82) is 0 Å². The zero-order valence-electron chi connectivity index (χ0n) is 11.3. The topological polar surface area (TPSA) is 55.8 Å². The van der Waals surface area contributed by atoms with Gasteiger partial charge in [0, 0.05) is 11.6 Å². The van der Waals surface area contributed by atoms with Crippen LogP contribution in [0.2, 0.25) is 0 Å². The van der Waals surface area contributed by atoms with Crippen LogP contribution in [-0.4, -0.2) is 24.8 Å². The summed E-state index contributed by atoms with van der Waals surface area (Å²) in [7, 11) is 1.49. The number of benzene rings is 1. The fourth-order valence-electron chi connectivity index (χ4n) is 1.48. The molecule has 0 atom stereocenters. The van der Waals surface area contributed by atoms with Crippen molar-refractivity contribution in [2.24, 2.45) is 0 Å². The van der Waals surface area contributed by atoms with Crippen LogP contribution >= 0.6 is 0 Å². The minimum atomic E-state index is -0.375. The highest BCUT2D eigenvalue weighted by Gasteiger charge is 2.04. The van der Waals surface area contributed by atoms with E-state index in [1.165, 1.54) is 13.2 Å². The van der Waals surface area contributed by atoms with Gasteiger partial charge < -0.3 is 14.6 Å². The molecule has 4 heteroatoms. The maximum absolute atomic E-state index is 11.2. The number of carbonyl (C=O) groups excluding carboxylic acids is 1. The van der Waals surface area contributed by atoms with Gasteiger partial charge in [-0.05, 0) is 25.5 Å². The Labute approximate surface area is 113 Å². The first-order valence-electron chi connectivity index (χ1n) is 5.97. The molecule has 0 saturated heterocycles. The van der Waals surface area contributed by atoms with Gasteiger partial charge >= 0.3 is 5.97 Å². The largest absolute Gasteiger partial charge is 0.504 e. The lowest BCUT2D eigenvalue weighted by molar-refractivity contribution is -0.137. The molecule has 0 aliphatic heterocycles. The molecule has 0 bridgehead atoms. The minimum absolute atomic E-state index is 0.0742. The van der Waals surface area contributed by atoms with Gasteiger partial charge in [-0.2, -0.15) is 0 Å². The molecule has 0 fully saturated rings. The highest BCUT2D eigenvalue weighted by atomic mass is 16.5. The standard InChI is InChI=1S/C15H18O4/c1-4-19-14(16)10-11(2)8-9-12-6-5-7-13(18-3)15(12)17/h5-10,17H,4H2,1-3H3/b9-8+,11-10+. The summed E-state index contributed by atoms with van der Waals surface area (Å²) in [5, 5.41) is 9.88. The van der Waals surface area contributed by atoms with E-state index in [0.717, 1.165) is 5.57 Å². The Kier molecular flexibility index (Phi) is 5.67. The second-order valence-electron chi connectivity index (χ2n) is 3.87. The van der Waals surface area contributed by atoms with Gasteiger partial charge in [-0.1, -0.05) is 24.3 Å². The van der Waals surface area contributed by atoms with E-state index in [4.69, 9.17) is 9.47 Å². The molecule has 1 aromatic carbocycles. The molecule has 0 aliphatic rings. The molecule has 0 aliphatic carbocycles. The number of hydrogen-bond donors (Lipinski definition) is 1. The third-order valence-electron chi connectivity index (χ3n) is 2.41. The smallest absolute Gasteiger partial charge is 0.330 e. The van der Waals surface area contributed by atoms with E-state index in [-0.39, 0.29) is 11.7 Å². The van der Waals surface area contributed by atoms with Crippen LogP contribution < -0.4 is 4.74 Å². The maximum atomic E-state index is 11.2. The van der Waals surface area contributed by atoms with Gasteiger partial charge in [0.1, 0.15) is 0 Å². The molecule has 0 saturated carbocycles. The van der Waals surface area contributed by atoms with Crippen LogP contribution in [0.5, 0.6) is 11.5 Å². The Hall–Kier alpha value is -2.23. The summed E-state index contributed by atoms with van der Waals surface area (Å²) >= 11 is 0. The molecule has 0 radical (unpaired) electrons. The number of phenolic OH excluding ortho intramolecular Hbond substituents is 1. The third kappa shape index (κ3) is 4.50. The predicted octanol–water partition coefficient (Wildman–Crippen LogP) is 2.92. The summed E-state index contributed by atoms with van der Waals surface area (Å²) in [6, 6.07) is 5.21. The lowest BCUT2D eigenvalue weighted by Gasteiger charge is -2.05. The van der Waals surface area contributed by atoms with Gasteiger partial charge in [0.25, 0.3) is 0 Å². The summed E-state index contributed by atoms with van der Waals surface area (Å²) in [4.78, 5) is 11.2. The Bertz CT molecular complexity index is 501. The molecular weight excluding hydrogens is 244 g/mol. The van der Waals surface area contributed by atoms with E-state index in [1.807, 2.05) is 0 Å². The van der Waals surface area contributed by atoms with Crippen molar-refractivity contribution in [2.45, 2.75) is 13.8 Å². The summed E-state index contributed by atoms with van der Waals surface area (Å²) in [6.07, 6.45) is 4.84. The van der Waals surface area contributed by atoms with Crippen molar-refractivity contribution in [3.8, 4) is 11.5 Å². The number of aromatic hydroxyl groups is 1. The predicted molar refractivity (Wildman–Crippen MR) is 74.1 cm³/mol. The number of methoxy groups -OCH3 is 1. The van der Waals surface area contributed by atoms with Crippen LogP contribution in [0.3, 0.4) is 0 Å². The van der Waals surface area contributed by atoms with Crippen molar-refractivity contribution < 1.29 is 19.4 Å². The second kappa shape index (κ2) is 7.26. The number of phenols is 1. The van der Waals surface area contributed by atoms with Gasteiger partial charge in [0.05, 0.1) is 13.7 Å². The van der Waals surface area contributed by atoms with Crippen molar-refractivity contribution in [3.63, 3.8) is 0 Å². The van der Waals surface area contributed by atoms with Gasteiger partial charge in [-0.3, -0.25) is 0 Å². The lowest BCUT2D eigenvalue weighted by atomic mass is 10.1. The van der Waals surface area contributed by atoms with Gasteiger partial charge in [-0.25, -0.2) is 4.79 Å². The number of para-hydroxylation sites is 1. The normalized spacial score (nSPS) is 11.6. The molecule has 4 nitrogen and oxygen atoms in total. The minimum Gasteiger partial charge on any atom is -0.504 e. The molecule has 1 N–H and O–H groups in total. The Morgan fingerprint density at radius 2 is 2.16 bits per heavy atom. The van der Waals surface area contributed by atoms with Crippen LogP contribution in [0.4, 0.5) is 0 Å². The van der Waals surface area contributed by atoms with E-state index < -0.39 is 0 Å². The fourth-order valence-corrected chi connectivity index (χ4v) is 1.48. The summed E-state index contributed by atoms with van der Waals surface area (Å²) in [6.45, 7) is 3.89. The Morgan fingerprint density at radius 1 is 1.42 bits per heavy atom. The molecule has 1 rings (SSSR count). The average Bonchev–Trinajstić information content (AvgIpc) is 2.37. The van der Waals surface area contributed by atoms with Crippen molar-refractivity contribution in [3.05, 3.63) is 41.5 Å². The third-order valence-corrected chi connectivity index (χ3v) is 2.41. The summed E-state index contributed by atoms with van der Waals surface area (Å²) < 4.78 is 9.82. The first-order chi connectivity index (χ1) is 9.08. The average molecular weight is 262 g/mol. The number of carbonyl (C=O) groups is 1. The molecule has 0 amide bonds. The Balaban J connectivity index is 2.84. The van der Waals surface area contributed by atoms with Crippen LogP contribution in [0.25, 0.3) is 6.08 Å². The van der Waals surface area contributed by atoms with Gasteiger partial charge in [-0.15, -0.1) is 0 Å². The molecule has 0 unspecified atom stereocenters. The lowest BCUT2D eigenvalue weighted by Crippen LogP contribution is -1.99. The van der Waals surface area contributed by atoms with E-state index >= 15 is 0 Å². The van der Waals surface area contributed by atoms with Crippen molar-refractivity contribution in [1.82, 2.24) is 0 Å². The first-order valence-corrected chi connectivity index (χ1v) is 5.97. The van der Waals surface area contributed by atoms with Crippen molar-refractivity contribution in [2.75, 3.05) is 13.7 Å². The molecule has 0 heterocycles. The number of hydrogen-bond acceptors (Lipinski definition) is 4. The van der Waals surface area contributed by atoms with E-state index in [1.54, 1.807) is 44.2 Å². The molecule has 1 aromatic rings. The van der Waals surface area contributed by atoms with Gasteiger partial charge in [0.2, 0.25) is 0 Å². The number of esters is 1. The van der Waals surface area contributed by atoms with Crippen LogP contribution in [0.1, 0.15) is 19.4 Å². The molecule has 19 heavy (non-hydrogen) atoms. The quantitative estimate of drug-likeness (QED) is 0.503. The summed E-state index contributed by atoms with van der Waals surface area (Å²) in [5.74, 6) is 0.110. The number of ether oxygens (including phenoxy) is 2. The zero-order valence-corrected chi connectivity index (χ0v) is 11.3. The van der Waals surface area contributed by atoms with Crippen LogP contribution in [-0.2, 0) is 9.53 Å². The van der Waals surface area contributed by atoms with E-state index in [0.29, 0.717) is 17.9 Å². The molecular formula is C15H18O4. The first kappa shape index (κ1) is 14.8. The maximum Gasteiger partial charge on any atom is 0.330 e. The van der Waals surface area contributed by atoms with Crippen molar-refractivity contribution >= 4 is 12.0 Å². The molecule has 102 valence electrons. The molecule has 0 aromatic heterocycles. The highest BCUT2D eigenvalue weighted by molar-refractivity contribution is 5.83. The summed E-state index contributed by atoms with van der Waals surface area (Å²) in [5.41, 5.74) is 1.36. The second-order valence-corrected chi connectivity index (χ2v) is 3.87.